The summed E-state index contributed by atoms with van der Waals surface area (Å²) < 4.78 is 5.37. The van der Waals surface area contributed by atoms with Crippen molar-refractivity contribution in [1.29, 1.82) is 0 Å². The molecule has 2 unspecified atom stereocenters. The molecule has 3 nitrogen and oxygen atoms in total. The van der Waals surface area contributed by atoms with E-state index < -0.39 is 6.10 Å². The Morgan fingerprint density at radius 2 is 1.96 bits per heavy atom. The maximum absolute atomic E-state index is 11.1. The minimum Gasteiger partial charge on any atom is -0.508 e. The van der Waals surface area contributed by atoms with Gasteiger partial charge in [-0.15, -0.1) is 0 Å². The van der Waals surface area contributed by atoms with Crippen molar-refractivity contribution in [2.24, 2.45) is 5.92 Å². The Hall–Kier alpha value is -2.00. The summed E-state index contributed by atoms with van der Waals surface area (Å²) in [5, 5.41) is 21.5. The van der Waals surface area contributed by atoms with Crippen LogP contribution in [0.1, 0.15) is 59.5 Å². The molecular weight excluding hydrogens is 300 g/mol. The van der Waals surface area contributed by atoms with Gasteiger partial charge in [-0.05, 0) is 60.4 Å². The van der Waals surface area contributed by atoms with Gasteiger partial charge in [0.2, 0.25) is 0 Å². The Morgan fingerprint density at radius 3 is 2.71 bits per heavy atom. The van der Waals surface area contributed by atoms with Crippen molar-refractivity contribution in [2.45, 2.75) is 44.1 Å². The zero-order valence-corrected chi connectivity index (χ0v) is 14.2. The van der Waals surface area contributed by atoms with Gasteiger partial charge in [-0.1, -0.05) is 30.7 Å². The molecule has 3 heteroatoms. The zero-order valence-electron chi connectivity index (χ0n) is 14.2. The molecule has 2 aliphatic carbocycles. The molecular formula is C21H24O3. The lowest BCUT2D eigenvalue weighted by atomic mass is 9.66. The highest BCUT2D eigenvalue weighted by Crippen LogP contribution is 2.58. The van der Waals surface area contributed by atoms with E-state index >= 15 is 0 Å². The van der Waals surface area contributed by atoms with Crippen molar-refractivity contribution in [1.82, 2.24) is 0 Å². The fourth-order valence-electron chi connectivity index (χ4n) is 4.97. The molecule has 2 N–H and O–H groups in total. The Morgan fingerprint density at radius 1 is 1.12 bits per heavy atom. The van der Waals surface area contributed by atoms with Gasteiger partial charge in [0.25, 0.3) is 0 Å². The van der Waals surface area contributed by atoms with E-state index in [2.05, 4.69) is 18.2 Å². The van der Waals surface area contributed by atoms with Crippen LogP contribution in [-0.2, 0) is 0 Å². The summed E-state index contributed by atoms with van der Waals surface area (Å²) >= 11 is 0. The highest BCUT2D eigenvalue weighted by atomic mass is 16.5. The minimum atomic E-state index is -0.659. The number of ether oxygens (including phenoxy) is 1. The van der Waals surface area contributed by atoms with Crippen molar-refractivity contribution in [3.8, 4) is 11.5 Å². The van der Waals surface area contributed by atoms with Gasteiger partial charge in [0, 0.05) is 11.5 Å². The molecule has 0 aliphatic heterocycles. The Kier molecular flexibility index (Phi) is 3.76. The van der Waals surface area contributed by atoms with Crippen LogP contribution < -0.4 is 4.74 Å². The standard InChI is InChI=1S/C21H24O3/c1-12-11-13(9-10-18(12)24-2)19-15-6-3-5-14(15)16-7-4-8-17(22)20(16)21(19)23/h4,7-11,14-15,19,21-23H,3,5-6H2,1-2H3/t14-,15+,19?,21?/m1/s1. The first-order valence-corrected chi connectivity index (χ1v) is 8.76. The quantitative estimate of drug-likeness (QED) is 0.859. The van der Waals surface area contributed by atoms with Crippen LogP contribution in [-0.4, -0.2) is 17.3 Å². The van der Waals surface area contributed by atoms with Gasteiger partial charge >= 0.3 is 0 Å². The van der Waals surface area contributed by atoms with E-state index in [1.54, 1.807) is 13.2 Å². The minimum absolute atomic E-state index is 0.0305. The number of hydrogen-bond acceptors (Lipinski definition) is 3. The molecule has 1 saturated carbocycles. The third-order valence-electron chi connectivity index (χ3n) is 5.99. The molecule has 1 fully saturated rings. The predicted molar refractivity (Wildman–Crippen MR) is 93.6 cm³/mol. The van der Waals surface area contributed by atoms with E-state index in [0.29, 0.717) is 11.8 Å². The molecule has 0 aromatic heterocycles. The smallest absolute Gasteiger partial charge is 0.121 e. The second kappa shape index (κ2) is 5.82. The van der Waals surface area contributed by atoms with E-state index in [4.69, 9.17) is 4.74 Å². The maximum atomic E-state index is 11.1. The molecule has 0 amide bonds. The molecule has 4 rings (SSSR count). The SMILES string of the molecule is COc1ccc(C2C(O)c3c(O)cccc3[C@@H]3CCC[C@H]23)cc1C. The molecule has 0 saturated heterocycles. The average molecular weight is 324 g/mol. The predicted octanol–water partition coefficient (Wildman–Crippen LogP) is 4.42. The number of fused-ring (bicyclic) bond motifs is 3. The molecule has 126 valence electrons. The molecule has 0 bridgehead atoms. The molecule has 0 radical (unpaired) electrons. The lowest BCUT2D eigenvalue weighted by molar-refractivity contribution is 0.0944. The van der Waals surface area contributed by atoms with Crippen LogP contribution in [0.3, 0.4) is 0 Å². The molecule has 2 aromatic carbocycles. The van der Waals surface area contributed by atoms with Crippen molar-refractivity contribution in [3.63, 3.8) is 0 Å². The largest absolute Gasteiger partial charge is 0.508 e. The summed E-state index contributed by atoms with van der Waals surface area (Å²) in [5.74, 6) is 1.99. The first-order valence-electron chi connectivity index (χ1n) is 8.76. The maximum Gasteiger partial charge on any atom is 0.121 e. The fourth-order valence-corrected chi connectivity index (χ4v) is 4.97. The number of aliphatic hydroxyl groups is 1. The first kappa shape index (κ1) is 15.5. The summed E-state index contributed by atoms with van der Waals surface area (Å²) in [4.78, 5) is 0. The van der Waals surface area contributed by atoms with Gasteiger partial charge in [0.15, 0.2) is 0 Å². The van der Waals surface area contributed by atoms with Crippen LogP contribution >= 0.6 is 0 Å². The van der Waals surface area contributed by atoms with Crippen LogP contribution in [0.5, 0.6) is 11.5 Å². The molecule has 2 aliphatic rings. The van der Waals surface area contributed by atoms with Crippen molar-refractivity contribution in [3.05, 3.63) is 58.7 Å². The second-order valence-electron chi connectivity index (χ2n) is 7.18. The highest BCUT2D eigenvalue weighted by Gasteiger charge is 2.45. The first-order chi connectivity index (χ1) is 11.6. The third-order valence-corrected chi connectivity index (χ3v) is 5.99. The molecule has 0 spiro atoms. The molecule has 0 heterocycles. The summed E-state index contributed by atoms with van der Waals surface area (Å²) in [6.07, 6.45) is 2.79. The van der Waals surface area contributed by atoms with Gasteiger partial charge in [-0.3, -0.25) is 0 Å². The van der Waals surface area contributed by atoms with Crippen molar-refractivity contribution < 1.29 is 14.9 Å². The van der Waals surface area contributed by atoms with Crippen LogP contribution in [0.4, 0.5) is 0 Å². The topological polar surface area (TPSA) is 49.7 Å². The zero-order chi connectivity index (χ0) is 16.8. The third kappa shape index (κ3) is 2.22. The molecule has 24 heavy (non-hydrogen) atoms. The van der Waals surface area contributed by atoms with Gasteiger partial charge in [0.05, 0.1) is 13.2 Å². The number of hydrogen-bond donors (Lipinski definition) is 2. The number of aryl methyl sites for hydroxylation is 1. The normalized spacial score (nSPS) is 28.3. The Bertz CT molecular complexity index is 768. The lowest BCUT2D eigenvalue weighted by Crippen LogP contribution is -2.29. The summed E-state index contributed by atoms with van der Waals surface area (Å²) in [7, 11) is 1.68. The van der Waals surface area contributed by atoms with Gasteiger partial charge in [0.1, 0.15) is 11.5 Å². The van der Waals surface area contributed by atoms with Crippen molar-refractivity contribution in [2.75, 3.05) is 7.11 Å². The van der Waals surface area contributed by atoms with Gasteiger partial charge in [-0.25, -0.2) is 0 Å². The van der Waals surface area contributed by atoms with E-state index in [-0.39, 0.29) is 11.7 Å². The highest BCUT2D eigenvalue weighted by molar-refractivity contribution is 5.49. The molecule has 2 aromatic rings. The fraction of sp³-hybridized carbons (Fsp3) is 0.429. The van der Waals surface area contributed by atoms with Gasteiger partial charge < -0.3 is 14.9 Å². The van der Waals surface area contributed by atoms with Crippen LogP contribution in [0, 0.1) is 12.8 Å². The van der Waals surface area contributed by atoms with E-state index in [0.717, 1.165) is 40.8 Å². The summed E-state index contributed by atoms with van der Waals surface area (Å²) in [5.41, 5.74) is 4.11. The number of rotatable bonds is 2. The van der Waals surface area contributed by atoms with E-state index in [1.165, 1.54) is 6.42 Å². The lowest BCUT2D eigenvalue weighted by Gasteiger charge is -2.40. The monoisotopic (exact) mass is 324 g/mol. The average Bonchev–Trinajstić information content (AvgIpc) is 3.04. The van der Waals surface area contributed by atoms with E-state index in [1.807, 2.05) is 19.1 Å². The number of phenolic OH excluding ortho intramolecular Hbond substituents is 1. The van der Waals surface area contributed by atoms with Crippen LogP contribution in [0.15, 0.2) is 36.4 Å². The van der Waals surface area contributed by atoms with Crippen LogP contribution in [0.2, 0.25) is 0 Å². The van der Waals surface area contributed by atoms with E-state index in [9.17, 15) is 10.2 Å². The van der Waals surface area contributed by atoms with Crippen molar-refractivity contribution >= 4 is 0 Å². The summed E-state index contributed by atoms with van der Waals surface area (Å²) in [6, 6.07) is 11.9. The number of benzene rings is 2. The van der Waals surface area contributed by atoms with Crippen LogP contribution in [0.25, 0.3) is 0 Å². The Labute approximate surface area is 142 Å². The van der Waals surface area contributed by atoms with Gasteiger partial charge in [-0.2, -0.15) is 0 Å². The number of aliphatic hydroxyl groups excluding tert-OH is 1. The number of phenols is 1. The summed E-state index contributed by atoms with van der Waals surface area (Å²) in [6.45, 7) is 2.04. The number of aromatic hydroxyl groups is 1. The Balaban J connectivity index is 1.84. The number of methoxy groups -OCH3 is 1. The second-order valence-corrected chi connectivity index (χ2v) is 7.18. The molecule has 4 atom stereocenters.